The van der Waals surface area contributed by atoms with Crippen molar-refractivity contribution in [3.63, 3.8) is 0 Å². The van der Waals surface area contributed by atoms with E-state index in [0.717, 1.165) is 11.3 Å². The topological polar surface area (TPSA) is 93.5 Å². The summed E-state index contributed by atoms with van der Waals surface area (Å²) in [7, 11) is 0. The number of anilines is 2. The summed E-state index contributed by atoms with van der Waals surface area (Å²) in [5.41, 5.74) is 1.92. The molecule has 3 aromatic rings. The molecule has 2 heterocycles. The van der Waals surface area contributed by atoms with Crippen LogP contribution in [0.2, 0.25) is 0 Å². The summed E-state index contributed by atoms with van der Waals surface area (Å²) in [4.78, 5) is 24.8. The minimum absolute atomic E-state index is 0.254. The Morgan fingerprint density at radius 2 is 1.93 bits per heavy atom. The molecule has 7 nitrogen and oxygen atoms in total. The van der Waals surface area contributed by atoms with Crippen LogP contribution < -0.4 is 15.4 Å². The molecule has 0 radical (unpaired) electrons. The van der Waals surface area contributed by atoms with Crippen LogP contribution in [0.25, 0.3) is 0 Å². The normalized spacial score (nSPS) is 14.9. The summed E-state index contributed by atoms with van der Waals surface area (Å²) in [5.74, 6) is 1.07. The van der Waals surface area contributed by atoms with Crippen LogP contribution in [0.15, 0.2) is 59.1 Å². The lowest BCUT2D eigenvalue weighted by molar-refractivity contribution is -0.122. The van der Waals surface area contributed by atoms with Gasteiger partial charge in [0.2, 0.25) is 0 Å². The van der Waals surface area contributed by atoms with E-state index in [0.29, 0.717) is 29.2 Å². The number of hydrogen-bond acceptors (Lipinski definition) is 5. The lowest BCUT2D eigenvalue weighted by atomic mass is 10.1. The Labute approximate surface area is 155 Å². The highest BCUT2D eigenvalue weighted by Gasteiger charge is 2.28. The van der Waals surface area contributed by atoms with Gasteiger partial charge in [-0.3, -0.25) is 9.59 Å². The monoisotopic (exact) mass is 363 g/mol. The second-order valence-electron chi connectivity index (χ2n) is 6.27. The molecule has 0 bridgehead atoms. The summed E-state index contributed by atoms with van der Waals surface area (Å²) in [5, 5.41) is 9.18. The molecule has 136 valence electrons. The van der Waals surface area contributed by atoms with Crippen molar-refractivity contribution in [1.82, 2.24) is 5.16 Å². The zero-order valence-corrected chi connectivity index (χ0v) is 14.6. The van der Waals surface area contributed by atoms with Gasteiger partial charge in [0.1, 0.15) is 11.5 Å². The number of carbonyl (C=O) groups is 2. The number of para-hydroxylation sites is 1. The Bertz CT molecular complexity index is 987. The molecule has 2 amide bonds. The van der Waals surface area contributed by atoms with Crippen LogP contribution >= 0.6 is 0 Å². The maximum atomic E-state index is 12.5. The smallest absolute Gasteiger partial charge is 0.265 e. The molecule has 27 heavy (non-hydrogen) atoms. The Hall–Kier alpha value is -3.61. The van der Waals surface area contributed by atoms with E-state index in [1.54, 1.807) is 37.3 Å². The Balaban J connectivity index is 1.42. The zero-order chi connectivity index (χ0) is 18.8. The SMILES string of the molecule is Cc1cc(NC(=O)c2cccc(NC(=O)C3Cc4ccccc4O3)c2)no1. The van der Waals surface area contributed by atoms with Crippen molar-refractivity contribution in [3.05, 3.63) is 71.5 Å². The number of nitrogens with zero attached hydrogens (tertiary/aromatic N) is 1. The number of aryl methyl sites for hydroxylation is 1. The van der Waals surface area contributed by atoms with E-state index in [1.165, 1.54) is 0 Å². The van der Waals surface area contributed by atoms with E-state index in [1.807, 2.05) is 24.3 Å². The number of benzene rings is 2. The van der Waals surface area contributed by atoms with E-state index in [9.17, 15) is 9.59 Å². The number of rotatable bonds is 4. The molecular formula is C20H17N3O4. The van der Waals surface area contributed by atoms with E-state index in [2.05, 4.69) is 15.8 Å². The molecule has 0 saturated carbocycles. The van der Waals surface area contributed by atoms with Crippen LogP contribution in [0.5, 0.6) is 5.75 Å². The van der Waals surface area contributed by atoms with Gasteiger partial charge in [0.25, 0.3) is 11.8 Å². The first kappa shape index (κ1) is 16.8. The molecule has 2 aromatic carbocycles. The summed E-state index contributed by atoms with van der Waals surface area (Å²) in [6.45, 7) is 1.74. The van der Waals surface area contributed by atoms with Crippen molar-refractivity contribution < 1.29 is 18.8 Å². The molecule has 4 rings (SSSR count). The molecule has 1 aromatic heterocycles. The second kappa shape index (κ2) is 6.95. The number of nitrogens with one attached hydrogen (secondary N) is 2. The summed E-state index contributed by atoms with van der Waals surface area (Å²) in [6.07, 6.45) is -0.0637. The van der Waals surface area contributed by atoms with Crippen LogP contribution in [0, 0.1) is 6.92 Å². The van der Waals surface area contributed by atoms with Gasteiger partial charge in [0, 0.05) is 23.7 Å². The highest BCUT2D eigenvalue weighted by atomic mass is 16.5. The molecular weight excluding hydrogens is 346 g/mol. The maximum absolute atomic E-state index is 12.5. The zero-order valence-electron chi connectivity index (χ0n) is 14.6. The Morgan fingerprint density at radius 3 is 2.70 bits per heavy atom. The lowest BCUT2D eigenvalue weighted by Crippen LogP contribution is -2.31. The molecule has 7 heteroatoms. The van der Waals surface area contributed by atoms with Crippen LogP contribution in [0.1, 0.15) is 21.7 Å². The molecule has 0 aliphatic carbocycles. The van der Waals surface area contributed by atoms with Crippen LogP contribution in [0.3, 0.4) is 0 Å². The largest absolute Gasteiger partial charge is 0.480 e. The lowest BCUT2D eigenvalue weighted by Gasteiger charge is -2.12. The van der Waals surface area contributed by atoms with Gasteiger partial charge >= 0.3 is 0 Å². The van der Waals surface area contributed by atoms with Crippen molar-refractivity contribution in [2.45, 2.75) is 19.4 Å². The van der Waals surface area contributed by atoms with Crippen molar-refractivity contribution in [3.8, 4) is 5.75 Å². The van der Waals surface area contributed by atoms with Crippen LogP contribution in [-0.4, -0.2) is 23.1 Å². The van der Waals surface area contributed by atoms with Gasteiger partial charge in [0.15, 0.2) is 11.9 Å². The number of hydrogen-bond donors (Lipinski definition) is 2. The molecule has 0 fully saturated rings. The number of amides is 2. The van der Waals surface area contributed by atoms with Gasteiger partial charge in [-0.25, -0.2) is 0 Å². The fourth-order valence-corrected chi connectivity index (χ4v) is 2.90. The van der Waals surface area contributed by atoms with E-state index in [-0.39, 0.29) is 11.8 Å². The third-order valence-corrected chi connectivity index (χ3v) is 4.20. The van der Waals surface area contributed by atoms with Crippen molar-refractivity contribution in [2.24, 2.45) is 0 Å². The molecule has 2 N–H and O–H groups in total. The summed E-state index contributed by atoms with van der Waals surface area (Å²) in [6, 6.07) is 15.9. The van der Waals surface area contributed by atoms with E-state index < -0.39 is 6.10 Å². The Morgan fingerprint density at radius 1 is 1.07 bits per heavy atom. The highest BCUT2D eigenvalue weighted by Crippen LogP contribution is 2.28. The number of carbonyl (C=O) groups excluding carboxylic acids is 2. The van der Waals surface area contributed by atoms with Crippen molar-refractivity contribution >= 4 is 23.3 Å². The molecule has 1 unspecified atom stereocenters. The number of aromatic nitrogens is 1. The summed E-state index contributed by atoms with van der Waals surface area (Å²) < 4.78 is 10.6. The fourth-order valence-electron chi connectivity index (χ4n) is 2.90. The fraction of sp³-hybridized carbons (Fsp3) is 0.150. The van der Waals surface area contributed by atoms with Gasteiger partial charge in [-0.05, 0) is 36.8 Å². The van der Waals surface area contributed by atoms with Gasteiger partial charge in [-0.1, -0.05) is 29.4 Å². The first-order chi connectivity index (χ1) is 13.1. The quantitative estimate of drug-likeness (QED) is 0.743. The molecule has 1 aliphatic rings. The molecule has 1 atom stereocenters. The third kappa shape index (κ3) is 3.67. The summed E-state index contributed by atoms with van der Waals surface area (Å²) >= 11 is 0. The van der Waals surface area contributed by atoms with Crippen molar-refractivity contribution in [1.29, 1.82) is 0 Å². The number of ether oxygens (including phenoxy) is 1. The van der Waals surface area contributed by atoms with Crippen LogP contribution in [0.4, 0.5) is 11.5 Å². The first-order valence-electron chi connectivity index (χ1n) is 8.48. The molecule has 0 spiro atoms. The van der Waals surface area contributed by atoms with Gasteiger partial charge in [-0.2, -0.15) is 0 Å². The molecule has 1 aliphatic heterocycles. The van der Waals surface area contributed by atoms with E-state index in [4.69, 9.17) is 9.26 Å². The first-order valence-corrected chi connectivity index (χ1v) is 8.48. The van der Waals surface area contributed by atoms with Gasteiger partial charge in [-0.15, -0.1) is 0 Å². The maximum Gasteiger partial charge on any atom is 0.265 e. The van der Waals surface area contributed by atoms with E-state index >= 15 is 0 Å². The third-order valence-electron chi connectivity index (χ3n) is 4.20. The highest BCUT2D eigenvalue weighted by molar-refractivity contribution is 6.05. The number of fused-ring (bicyclic) bond motifs is 1. The Kier molecular flexibility index (Phi) is 4.33. The van der Waals surface area contributed by atoms with Gasteiger partial charge in [0.05, 0.1) is 0 Å². The molecule has 0 saturated heterocycles. The van der Waals surface area contributed by atoms with Gasteiger partial charge < -0.3 is 19.9 Å². The second-order valence-corrected chi connectivity index (χ2v) is 6.27. The predicted octanol–water partition coefficient (Wildman–Crippen LogP) is 3.18. The minimum Gasteiger partial charge on any atom is -0.480 e. The van der Waals surface area contributed by atoms with Crippen molar-refractivity contribution in [2.75, 3.05) is 10.6 Å². The van der Waals surface area contributed by atoms with Crippen LogP contribution in [-0.2, 0) is 11.2 Å². The standard InChI is InChI=1S/C20H17N3O4/c1-12-9-18(23-27-12)22-19(24)14-6-4-7-15(10-14)21-20(25)17-11-13-5-2-3-8-16(13)26-17/h2-10,17H,11H2,1H3,(H,21,25)(H,22,23,24). The minimum atomic E-state index is -0.585. The average molecular weight is 363 g/mol. The predicted molar refractivity (Wildman–Crippen MR) is 98.8 cm³/mol. The average Bonchev–Trinajstić information content (AvgIpc) is 3.28.